The number of benzene rings is 1. The van der Waals surface area contributed by atoms with Crippen LogP contribution in [0.1, 0.15) is 31.2 Å². The molecule has 2 rings (SSSR count). The average molecular weight is 286 g/mol. The summed E-state index contributed by atoms with van der Waals surface area (Å²) < 4.78 is 5.54. The van der Waals surface area contributed by atoms with E-state index in [0.717, 1.165) is 11.3 Å². The Balaban J connectivity index is 2.17. The Morgan fingerprint density at radius 1 is 1.19 bits per heavy atom. The second-order valence-electron chi connectivity index (χ2n) is 5.70. The average Bonchev–Trinajstić information content (AvgIpc) is 3.01. The molecule has 1 aromatic heterocycles. The molecule has 1 aromatic carbocycles. The van der Waals surface area contributed by atoms with Gasteiger partial charge in [0, 0.05) is 13.6 Å². The third-order valence-corrected chi connectivity index (χ3v) is 3.55. The summed E-state index contributed by atoms with van der Waals surface area (Å²) in [5.41, 5.74) is 0.620. The Kier molecular flexibility index (Phi) is 4.81. The van der Waals surface area contributed by atoms with Crippen molar-refractivity contribution in [3.8, 4) is 0 Å². The van der Waals surface area contributed by atoms with Crippen LogP contribution in [-0.4, -0.2) is 19.5 Å². The lowest BCUT2D eigenvalue weighted by Gasteiger charge is -2.26. The first-order valence-electron chi connectivity index (χ1n) is 7.08. The number of carbonyl (C=O) groups excluding carboxylic acids is 1. The largest absolute Gasteiger partial charge is 0.467 e. The normalized spacial score (nSPS) is 12.9. The highest BCUT2D eigenvalue weighted by atomic mass is 16.3. The van der Waals surface area contributed by atoms with Crippen LogP contribution in [0.25, 0.3) is 0 Å². The van der Waals surface area contributed by atoms with Crippen LogP contribution in [-0.2, 0) is 4.79 Å². The summed E-state index contributed by atoms with van der Waals surface area (Å²) >= 11 is 0. The maximum atomic E-state index is 11.9. The van der Waals surface area contributed by atoms with Crippen molar-refractivity contribution in [2.75, 3.05) is 13.6 Å². The van der Waals surface area contributed by atoms with E-state index >= 15 is 0 Å². The monoisotopic (exact) mass is 286 g/mol. The van der Waals surface area contributed by atoms with E-state index in [2.05, 4.69) is 10.6 Å². The summed E-state index contributed by atoms with van der Waals surface area (Å²) in [7, 11) is 1.66. The molecule has 4 nitrogen and oxygen atoms in total. The van der Waals surface area contributed by atoms with E-state index in [1.165, 1.54) is 0 Å². The van der Waals surface area contributed by atoms with Gasteiger partial charge in [-0.15, -0.1) is 0 Å². The standard InChI is InChI=1S/C17H22N2O2/c1-17(2,16(20)18-3)12-19-15(14-10-7-11-21-14)13-8-5-4-6-9-13/h4-11,15,19H,12H2,1-3H3,(H,18,20). The summed E-state index contributed by atoms with van der Waals surface area (Å²) in [5.74, 6) is 0.857. The first kappa shape index (κ1) is 15.3. The summed E-state index contributed by atoms with van der Waals surface area (Å²) in [4.78, 5) is 11.9. The van der Waals surface area contributed by atoms with E-state index in [-0.39, 0.29) is 11.9 Å². The van der Waals surface area contributed by atoms with E-state index in [4.69, 9.17) is 4.42 Å². The van der Waals surface area contributed by atoms with Crippen LogP contribution in [0.2, 0.25) is 0 Å². The second kappa shape index (κ2) is 6.59. The minimum absolute atomic E-state index is 0.0151. The molecule has 1 amide bonds. The van der Waals surface area contributed by atoms with E-state index < -0.39 is 5.41 Å². The zero-order valence-corrected chi connectivity index (χ0v) is 12.7. The van der Waals surface area contributed by atoms with Crippen molar-refractivity contribution in [3.05, 3.63) is 60.1 Å². The van der Waals surface area contributed by atoms with E-state index in [9.17, 15) is 4.79 Å². The minimum atomic E-state index is -0.492. The molecule has 4 heteroatoms. The van der Waals surface area contributed by atoms with Crippen molar-refractivity contribution in [1.82, 2.24) is 10.6 Å². The van der Waals surface area contributed by atoms with Crippen LogP contribution in [0.15, 0.2) is 53.1 Å². The molecule has 21 heavy (non-hydrogen) atoms. The summed E-state index contributed by atoms with van der Waals surface area (Å²) in [6.07, 6.45) is 1.66. The number of hydrogen-bond acceptors (Lipinski definition) is 3. The third kappa shape index (κ3) is 3.73. The summed E-state index contributed by atoms with van der Waals surface area (Å²) in [5, 5.41) is 6.14. The van der Waals surface area contributed by atoms with Gasteiger partial charge in [-0.05, 0) is 31.5 Å². The lowest BCUT2D eigenvalue weighted by atomic mass is 9.91. The van der Waals surface area contributed by atoms with Gasteiger partial charge in [0.1, 0.15) is 5.76 Å². The van der Waals surface area contributed by atoms with Gasteiger partial charge in [0.2, 0.25) is 5.91 Å². The molecule has 0 fully saturated rings. The van der Waals surface area contributed by atoms with Crippen molar-refractivity contribution < 1.29 is 9.21 Å². The lowest BCUT2D eigenvalue weighted by Crippen LogP contribution is -2.43. The molecule has 0 saturated carbocycles. The van der Waals surface area contributed by atoms with Gasteiger partial charge in [-0.3, -0.25) is 4.79 Å². The Bertz CT molecular complexity index is 562. The Labute approximate surface area is 125 Å². The van der Waals surface area contributed by atoms with Gasteiger partial charge in [-0.25, -0.2) is 0 Å². The molecule has 1 unspecified atom stereocenters. The van der Waals surface area contributed by atoms with Gasteiger partial charge in [0.25, 0.3) is 0 Å². The lowest BCUT2D eigenvalue weighted by molar-refractivity contribution is -0.128. The highest BCUT2D eigenvalue weighted by Crippen LogP contribution is 2.24. The fourth-order valence-corrected chi connectivity index (χ4v) is 2.26. The number of hydrogen-bond donors (Lipinski definition) is 2. The molecule has 0 spiro atoms. The van der Waals surface area contributed by atoms with Crippen molar-refractivity contribution >= 4 is 5.91 Å². The topological polar surface area (TPSA) is 54.3 Å². The van der Waals surface area contributed by atoms with Crippen LogP contribution in [0.4, 0.5) is 0 Å². The fourth-order valence-electron chi connectivity index (χ4n) is 2.26. The summed E-state index contributed by atoms with van der Waals surface area (Å²) in [6, 6.07) is 13.8. The molecule has 1 atom stereocenters. The predicted molar refractivity (Wildman–Crippen MR) is 82.8 cm³/mol. The second-order valence-corrected chi connectivity index (χ2v) is 5.70. The molecular weight excluding hydrogens is 264 g/mol. The third-order valence-electron chi connectivity index (χ3n) is 3.55. The van der Waals surface area contributed by atoms with Gasteiger partial charge >= 0.3 is 0 Å². The highest BCUT2D eigenvalue weighted by molar-refractivity contribution is 5.81. The fraction of sp³-hybridized carbons (Fsp3) is 0.353. The van der Waals surface area contributed by atoms with Crippen LogP contribution in [0.3, 0.4) is 0 Å². The van der Waals surface area contributed by atoms with Gasteiger partial charge < -0.3 is 15.1 Å². The minimum Gasteiger partial charge on any atom is -0.467 e. The van der Waals surface area contributed by atoms with Crippen LogP contribution >= 0.6 is 0 Å². The maximum absolute atomic E-state index is 11.9. The number of amides is 1. The van der Waals surface area contributed by atoms with E-state index in [1.807, 2.05) is 56.3 Å². The number of nitrogens with one attached hydrogen (secondary N) is 2. The van der Waals surface area contributed by atoms with Crippen molar-refractivity contribution in [2.45, 2.75) is 19.9 Å². The summed E-state index contributed by atoms with van der Waals surface area (Å²) in [6.45, 7) is 4.39. The molecule has 2 aromatic rings. The zero-order chi connectivity index (χ0) is 15.3. The smallest absolute Gasteiger partial charge is 0.226 e. The molecule has 112 valence electrons. The van der Waals surface area contributed by atoms with Crippen LogP contribution < -0.4 is 10.6 Å². The first-order chi connectivity index (χ1) is 10.0. The SMILES string of the molecule is CNC(=O)C(C)(C)CNC(c1ccccc1)c1ccco1. The van der Waals surface area contributed by atoms with Crippen LogP contribution in [0, 0.1) is 5.41 Å². The quantitative estimate of drug-likeness (QED) is 0.858. The Morgan fingerprint density at radius 3 is 2.48 bits per heavy atom. The number of furan rings is 1. The number of carbonyl (C=O) groups is 1. The molecule has 0 aliphatic rings. The van der Waals surface area contributed by atoms with E-state index in [1.54, 1.807) is 13.3 Å². The van der Waals surface area contributed by atoms with Gasteiger partial charge in [0.15, 0.2) is 0 Å². The predicted octanol–water partition coefficient (Wildman–Crippen LogP) is 2.73. The molecule has 0 bridgehead atoms. The van der Waals surface area contributed by atoms with Gasteiger partial charge in [-0.2, -0.15) is 0 Å². The zero-order valence-electron chi connectivity index (χ0n) is 12.7. The molecule has 0 aliphatic heterocycles. The highest BCUT2D eigenvalue weighted by Gasteiger charge is 2.28. The van der Waals surface area contributed by atoms with Crippen molar-refractivity contribution in [1.29, 1.82) is 0 Å². The van der Waals surface area contributed by atoms with Gasteiger partial charge in [0.05, 0.1) is 17.7 Å². The van der Waals surface area contributed by atoms with Crippen LogP contribution in [0.5, 0.6) is 0 Å². The Hall–Kier alpha value is -2.07. The van der Waals surface area contributed by atoms with E-state index in [0.29, 0.717) is 6.54 Å². The Morgan fingerprint density at radius 2 is 1.90 bits per heavy atom. The molecule has 2 N–H and O–H groups in total. The number of rotatable bonds is 6. The molecule has 1 heterocycles. The molecule has 0 aliphatic carbocycles. The van der Waals surface area contributed by atoms with Crippen molar-refractivity contribution in [2.24, 2.45) is 5.41 Å². The van der Waals surface area contributed by atoms with Gasteiger partial charge in [-0.1, -0.05) is 30.3 Å². The van der Waals surface area contributed by atoms with Crippen molar-refractivity contribution in [3.63, 3.8) is 0 Å². The molecular formula is C17H22N2O2. The first-order valence-corrected chi connectivity index (χ1v) is 7.08. The molecule has 0 radical (unpaired) electrons. The maximum Gasteiger partial charge on any atom is 0.226 e. The molecule has 0 saturated heterocycles.